The Kier molecular flexibility index (Phi) is 4.86. The lowest BCUT2D eigenvalue weighted by Gasteiger charge is -2.35. The minimum absolute atomic E-state index is 0.297. The van der Waals surface area contributed by atoms with Gasteiger partial charge >= 0.3 is 0 Å². The third-order valence-corrected chi connectivity index (χ3v) is 5.14. The number of rotatable bonds is 4. The second-order valence-corrected chi connectivity index (χ2v) is 7.48. The molecule has 3 rings (SSSR count). The molecular weight excluding hydrogens is 356 g/mol. The van der Waals surface area contributed by atoms with Gasteiger partial charge < -0.3 is 9.80 Å². The molecule has 1 amide bonds. The third-order valence-electron chi connectivity index (χ3n) is 4.70. The van der Waals surface area contributed by atoms with E-state index < -0.39 is 0 Å². The van der Waals surface area contributed by atoms with Gasteiger partial charge in [0.25, 0.3) is 0 Å². The molecule has 1 saturated carbocycles. The van der Waals surface area contributed by atoms with Crippen molar-refractivity contribution in [2.24, 2.45) is 11.8 Å². The van der Waals surface area contributed by atoms with E-state index in [0.29, 0.717) is 23.3 Å². The van der Waals surface area contributed by atoms with Crippen LogP contribution < -0.4 is 4.90 Å². The van der Waals surface area contributed by atoms with Gasteiger partial charge in [0.05, 0.1) is 5.56 Å². The maximum atomic E-state index is 12.0. The summed E-state index contributed by atoms with van der Waals surface area (Å²) in [5.74, 6) is 1.93. The molecule has 5 nitrogen and oxygen atoms in total. The van der Waals surface area contributed by atoms with E-state index in [-0.39, 0.29) is 0 Å². The van der Waals surface area contributed by atoms with E-state index in [2.05, 4.69) is 31.9 Å². The Hall–Kier alpha value is -1.61. The number of carbonyl (C=O) groups excluding carboxylic acids is 1. The summed E-state index contributed by atoms with van der Waals surface area (Å²) in [6.07, 6.45) is 5.93. The number of nitrogens with zero attached hydrogens (tertiary/aromatic N) is 4. The Morgan fingerprint density at radius 2 is 2.13 bits per heavy atom. The van der Waals surface area contributed by atoms with E-state index in [0.717, 1.165) is 55.6 Å². The average Bonchev–Trinajstić information content (AvgIpc) is 3.39. The summed E-state index contributed by atoms with van der Waals surface area (Å²) in [6, 6.07) is 4.04. The molecule has 6 heteroatoms. The highest BCUT2D eigenvalue weighted by Crippen LogP contribution is 2.32. The van der Waals surface area contributed by atoms with Crippen LogP contribution >= 0.6 is 15.9 Å². The summed E-state index contributed by atoms with van der Waals surface area (Å²) >= 11 is 3.36. The van der Waals surface area contributed by atoms with Crippen molar-refractivity contribution in [3.8, 4) is 6.07 Å². The van der Waals surface area contributed by atoms with Crippen molar-refractivity contribution in [3.05, 3.63) is 22.3 Å². The monoisotopic (exact) mass is 376 g/mol. The van der Waals surface area contributed by atoms with Crippen LogP contribution in [-0.2, 0) is 4.79 Å². The lowest BCUT2D eigenvalue weighted by atomic mass is 9.96. The van der Waals surface area contributed by atoms with Crippen molar-refractivity contribution < 1.29 is 4.79 Å². The molecule has 1 aliphatic carbocycles. The fourth-order valence-electron chi connectivity index (χ4n) is 3.21. The second-order valence-electron chi connectivity index (χ2n) is 6.56. The third kappa shape index (κ3) is 3.84. The number of anilines is 1. The normalized spacial score (nSPS) is 18.6. The summed E-state index contributed by atoms with van der Waals surface area (Å²) in [6.45, 7) is 2.63. The van der Waals surface area contributed by atoms with Gasteiger partial charge in [0.1, 0.15) is 11.9 Å². The molecule has 2 fully saturated rings. The lowest BCUT2D eigenvalue weighted by molar-refractivity contribution is -0.131. The topological polar surface area (TPSA) is 60.2 Å². The zero-order valence-corrected chi connectivity index (χ0v) is 14.9. The lowest BCUT2D eigenvalue weighted by Crippen LogP contribution is -2.40. The van der Waals surface area contributed by atoms with Crippen molar-refractivity contribution in [2.75, 3.05) is 31.6 Å². The van der Waals surface area contributed by atoms with Crippen LogP contribution in [0.1, 0.15) is 31.2 Å². The number of hydrogen-bond donors (Lipinski definition) is 0. The minimum Gasteiger partial charge on any atom is -0.356 e. The summed E-state index contributed by atoms with van der Waals surface area (Å²) in [7, 11) is 1.93. The van der Waals surface area contributed by atoms with Crippen LogP contribution in [0.2, 0.25) is 0 Å². The number of nitriles is 1. The molecule has 0 N–H and O–H groups in total. The molecular formula is C17H21BrN4O. The van der Waals surface area contributed by atoms with Crippen molar-refractivity contribution >= 4 is 27.7 Å². The van der Waals surface area contributed by atoms with Crippen LogP contribution in [0.3, 0.4) is 0 Å². The van der Waals surface area contributed by atoms with Crippen LogP contribution in [0.15, 0.2) is 16.7 Å². The number of halogens is 1. The summed E-state index contributed by atoms with van der Waals surface area (Å²) < 4.78 is 0.827. The van der Waals surface area contributed by atoms with Crippen molar-refractivity contribution in [2.45, 2.75) is 25.7 Å². The standard InChI is InChI=1S/C17H21BrN4O/c1-21(17(23)13-2-3-13)11-12-4-6-22(7-5-12)16-14(9-19)8-15(18)10-20-16/h8,10,12-13H,2-7,11H2,1H3. The number of pyridine rings is 1. The van der Waals surface area contributed by atoms with E-state index in [9.17, 15) is 10.1 Å². The molecule has 1 aliphatic heterocycles. The van der Waals surface area contributed by atoms with E-state index in [1.165, 1.54) is 0 Å². The Morgan fingerprint density at radius 3 is 2.74 bits per heavy atom. The molecule has 1 aromatic heterocycles. The number of hydrogen-bond acceptors (Lipinski definition) is 4. The van der Waals surface area contributed by atoms with Gasteiger partial charge in [0.2, 0.25) is 5.91 Å². The molecule has 0 spiro atoms. The molecule has 1 saturated heterocycles. The molecule has 0 atom stereocenters. The molecule has 0 radical (unpaired) electrons. The predicted octanol–water partition coefficient (Wildman–Crippen LogP) is 2.80. The van der Waals surface area contributed by atoms with Crippen LogP contribution in [0.4, 0.5) is 5.82 Å². The number of amides is 1. The number of aromatic nitrogens is 1. The molecule has 0 unspecified atom stereocenters. The van der Waals surface area contributed by atoms with Gasteiger partial charge in [0, 0.05) is 43.3 Å². The number of carbonyl (C=O) groups is 1. The molecule has 2 heterocycles. The first kappa shape index (κ1) is 16.3. The van der Waals surface area contributed by atoms with E-state index in [1.54, 1.807) is 6.20 Å². The first-order valence-corrected chi connectivity index (χ1v) is 8.93. The smallest absolute Gasteiger partial charge is 0.225 e. The Morgan fingerprint density at radius 1 is 1.43 bits per heavy atom. The summed E-state index contributed by atoms with van der Waals surface area (Å²) in [5, 5.41) is 9.28. The maximum Gasteiger partial charge on any atom is 0.225 e. The van der Waals surface area contributed by atoms with Crippen LogP contribution in [0.5, 0.6) is 0 Å². The van der Waals surface area contributed by atoms with Crippen LogP contribution in [0, 0.1) is 23.2 Å². The van der Waals surface area contributed by atoms with Crippen molar-refractivity contribution in [1.29, 1.82) is 5.26 Å². The highest BCUT2D eigenvalue weighted by Gasteiger charge is 2.33. The highest BCUT2D eigenvalue weighted by molar-refractivity contribution is 9.10. The first-order valence-electron chi connectivity index (χ1n) is 8.14. The van der Waals surface area contributed by atoms with Gasteiger partial charge in [-0.1, -0.05) is 0 Å². The largest absolute Gasteiger partial charge is 0.356 e. The molecule has 23 heavy (non-hydrogen) atoms. The van der Waals surface area contributed by atoms with E-state index in [4.69, 9.17) is 0 Å². The van der Waals surface area contributed by atoms with E-state index in [1.807, 2.05) is 18.0 Å². The van der Waals surface area contributed by atoms with Gasteiger partial charge in [-0.2, -0.15) is 5.26 Å². The summed E-state index contributed by atoms with van der Waals surface area (Å²) in [5.41, 5.74) is 0.610. The first-order chi connectivity index (χ1) is 11.1. The van der Waals surface area contributed by atoms with Gasteiger partial charge in [0.15, 0.2) is 0 Å². The minimum atomic E-state index is 0.297. The fourth-order valence-corrected chi connectivity index (χ4v) is 3.54. The van der Waals surface area contributed by atoms with Gasteiger partial charge in [-0.15, -0.1) is 0 Å². The fraction of sp³-hybridized carbons (Fsp3) is 0.588. The molecule has 1 aromatic rings. The predicted molar refractivity (Wildman–Crippen MR) is 92.0 cm³/mol. The SMILES string of the molecule is CN(CC1CCN(c2ncc(Br)cc2C#N)CC1)C(=O)C1CC1. The van der Waals surface area contributed by atoms with Gasteiger partial charge in [-0.25, -0.2) is 4.98 Å². The highest BCUT2D eigenvalue weighted by atomic mass is 79.9. The maximum absolute atomic E-state index is 12.0. The quantitative estimate of drug-likeness (QED) is 0.810. The Balaban J connectivity index is 1.56. The van der Waals surface area contributed by atoms with Crippen LogP contribution in [-0.4, -0.2) is 42.5 Å². The Bertz CT molecular complexity index is 630. The zero-order valence-electron chi connectivity index (χ0n) is 13.3. The van der Waals surface area contributed by atoms with Crippen LogP contribution in [0.25, 0.3) is 0 Å². The number of piperidine rings is 1. The average molecular weight is 377 g/mol. The van der Waals surface area contributed by atoms with Crippen molar-refractivity contribution in [1.82, 2.24) is 9.88 Å². The van der Waals surface area contributed by atoms with Gasteiger partial charge in [-0.05, 0) is 53.6 Å². The summed E-state index contributed by atoms with van der Waals surface area (Å²) in [4.78, 5) is 20.6. The van der Waals surface area contributed by atoms with Crippen molar-refractivity contribution in [3.63, 3.8) is 0 Å². The van der Waals surface area contributed by atoms with E-state index >= 15 is 0 Å². The zero-order chi connectivity index (χ0) is 16.4. The molecule has 0 aromatic carbocycles. The second kappa shape index (κ2) is 6.88. The Labute approximate surface area is 145 Å². The molecule has 122 valence electrons. The molecule has 2 aliphatic rings. The molecule has 0 bridgehead atoms. The van der Waals surface area contributed by atoms with Gasteiger partial charge in [-0.3, -0.25) is 4.79 Å².